The predicted octanol–water partition coefficient (Wildman–Crippen LogP) is 1.97. The van der Waals surface area contributed by atoms with Crippen LogP contribution in [0.15, 0.2) is 0 Å². The topological polar surface area (TPSA) is 40.6 Å². The van der Waals surface area contributed by atoms with E-state index < -0.39 is 5.41 Å². The zero-order chi connectivity index (χ0) is 14.6. The van der Waals surface area contributed by atoms with E-state index in [4.69, 9.17) is 11.6 Å². The van der Waals surface area contributed by atoms with Gasteiger partial charge in [-0.15, -0.1) is 11.6 Å². The van der Waals surface area contributed by atoms with Crippen LogP contribution in [0.5, 0.6) is 0 Å². The number of hydrogen-bond donors (Lipinski definition) is 0. The lowest BCUT2D eigenvalue weighted by Gasteiger charge is -2.38. The van der Waals surface area contributed by atoms with E-state index in [1.54, 1.807) is 0 Å². The number of halogens is 1. The maximum absolute atomic E-state index is 12.2. The molecule has 1 fully saturated rings. The van der Waals surface area contributed by atoms with Crippen LogP contribution in [0, 0.1) is 11.3 Å². The van der Waals surface area contributed by atoms with Crippen molar-refractivity contribution in [3.63, 3.8) is 0 Å². The number of alkyl halides is 1. The van der Waals surface area contributed by atoms with E-state index in [9.17, 15) is 9.59 Å². The number of hydrogen-bond acceptors (Lipinski definition) is 2. The fraction of sp³-hybridized carbons (Fsp3) is 0.857. The van der Waals surface area contributed by atoms with Gasteiger partial charge in [0.1, 0.15) is 0 Å². The number of nitrogens with zero attached hydrogens (tertiary/aromatic N) is 2. The monoisotopic (exact) mass is 288 g/mol. The molecule has 1 aliphatic rings. The van der Waals surface area contributed by atoms with E-state index in [0.29, 0.717) is 44.4 Å². The number of piperazine rings is 1. The Bertz CT molecular complexity index is 334. The number of amides is 2. The van der Waals surface area contributed by atoms with Gasteiger partial charge in [-0.3, -0.25) is 9.59 Å². The minimum absolute atomic E-state index is 0.0819. The number of rotatable bonds is 4. The van der Waals surface area contributed by atoms with Crippen LogP contribution >= 0.6 is 11.6 Å². The normalized spacial score (nSPS) is 16.9. The molecule has 0 saturated carbocycles. The SMILES string of the molecule is CC(C)CC(=O)N1CCN(C(=O)C(C)(C)CCl)CC1. The summed E-state index contributed by atoms with van der Waals surface area (Å²) in [4.78, 5) is 27.9. The molecule has 1 saturated heterocycles. The highest BCUT2D eigenvalue weighted by Crippen LogP contribution is 2.21. The van der Waals surface area contributed by atoms with Crippen molar-refractivity contribution in [2.24, 2.45) is 11.3 Å². The van der Waals surface area contributed by atoms with Crippen LogP contribution in [0.4, 0.5) is 0 Å². The summed E-state index contributed by atoms with van der Waals surface area (Å²) in [5.41, 5.74) is -0.522. The van der Waals surface area contributed by atoms with E-state index in [1.807, 2.05) is 37.5 Å². The molecule has 0 radical (unpaired) electrons. The Morgan fingerprint density at radius 1 is 1.11 bits per heavy atom. The van der Waals surface area contributed by atoms with Crippen molar-refractivity contribution in [1.29, 1.82) is 0 Å². The molecule has 1 heterocycles. The molecular weight excluding hydrogens is 264 g/mol. The third-order valence-electron chi connectivity index (χ3n) is 3.42. The van der Waals surface area contributed by atoms with Gasteiger partial charge in [0.05, 0.1) is 5.41 Å². The summed E-state index contributed by atoms with van der Waals surface area (Å²) < 4.78 is 0. The molecule has 2 amide bonds. The van der Waals surface area contributed by atoms with Crippen LogP contribution < -0.4 is 0 Å². The van der Waals surface area contributed by atoms with Gasteiger partial charge in [-0.25, -0.2) is 0 Å². The first-order valence-electron chi connectivity index (χ1n) is 6.91. The Kier molecular flexibility index (Phi) is 5.65. The van der Waals surface area contributed by atoms with Crippen LogP contribution in [-0.4, -0.2) is 53.7 Å². The van der Waals surface area contributed by atoms with E-state index in [2.05, 4.69) is 0 Å². The molecule has 110 valence electrons. The lowest BCUT2D eigenvalue weighted by atomic mass is 9.94. The third-order valence-corrected chi connectivity index (χ3v) is 4.08. The van der Waals surface area contributed by atoms with Crippen LogP contribution in [0.2, 0.25) is 0 Å². The van der Waals surface area contributed by atoms with Gasteiger partial charge in [0.15, 0.2) is 0 Å². The van der Waals surface area contributed by atoms with E-state index >= 15 is 0 Å². The number of carbonyl (C=O) groups is 2. The first-order chi connectivity index (χ1) is 8.77. The minimum atomic E-state index is -0.522. The second-order valence-electron chi connectivity index (χ2n) is 6.29. The molecule has 0 atom stereocenters. The zero-order valence-corrected chi connectivity index (χ0v) is 13.2. The summed E-state index contributed by atoms with van der Waals surface area (Å²) in [6, 6.07) is 0. The van der Waals surface area contributed by atoms with Crippen molar-refractivity contribution in [3.05, 3.63) is 0 Å². The van der Waals surface area contributed by atoms with Crippen LogP contribution in [0.25, 0.3) is 0 Å². The molecule has 0 N–H and O–H groups in total. The van der Waals surface area contributed by atoms with Crippen molar-refractivity contribution >= 4 is 23.4 Å². The molecule has 0 aromatic heterocycles. The molecule has 0 bridgehead atoms. The van der Waals surface area contributed by atoms with Gasteiger partial charge in [-0.2, -0.15) is 0 Å². The fourth-order valence-corrected chi connectivity index (χ4v) is 2.24. The largest absolute Gasteiger partial charge is 0.339 e. The second-order valence-corrected chi connectivity index (χ2v) is 6.56. The molecular formula is C14H25ClN2O2. The van der Waals surface area contributed by atoms with Crippen molar-refractivity contribution in [2.75, 3.05) is 32.1 Å². The molecule has 0 unspecified atom stereocenters. The highest BCUT2D eigenvalue weighted by atomic mass is 35.5. The molecule has 1 rings (SSSR count). The summed E-state index contributed by atoms with van der Waals surface area (Å²) in [5, 5.41) is 0. The number of carbonyl (C=O) groups excluding carboxylic acids is 2. The van der Waals surface area contributed by atoms with E-state index in [0.717, 1.165) is 0 Å². The Morgan fingerprint density at radius 2 is 1.58 bits per heavy atom. The summed E-state index contributed by atoms with van der Waals surface area (Å²) in [7, 11) is 0. The van der Waals surface area contributed by atoms with Crippen LogP contribution in [0.3, 0.4) is 0 Å². The Labute approximate surface area is 121 Å². The standard InChI is InChI=1S/C14H25ClN2O2/c1-11(2)9-12(18)16-5-7-17(8-6-16)13(19)14(3,4)10-15/h11H,5-10H2,1-4H3. The maximum Gasteiger partial charge on any atom is 0.229 e. The van der Waals surface area contributed by atoms with Gasteiger partial charge in [-0.05, 0) is 19.8 Å². The summed E-state index contributed by atoms with van der Waals surface area (Å²) in [5.74, 6) is 0.970. The van der Waals surface area contributed by atoms with Crippen molar-refractivity contribution in [2.45, 2.75) is 34.1 Å². The van der Waals surface area contributed by atoms with Gasteiger partial charge in [0.2, 0.25) is 11.8 Å². The molecule has 5 heteroatoms. The molecule has 0 spiro atoms. The van der Waals surface area contributed by atoms with Gasteiger partial charge >= 0.3 is 0 Å². The summed E-state index contributed by atoms with van der Waals surface area (Å²) in [6.45, 7) is 10.3. The second kappa shape index (κ2) is 6.60. The zero-order valence-electron chi connectivity index (χ0n) is 12.4. The Balaban J connectivity index is 2.49. The third kappa shape index (κ3) is 4.37. The highest BCUT2D eigenvalue weighted by molar-refractivity contribution is 6.19. The lowest BCUT2D eigenvalue weighted by Crippen LogP contribution is -2.53. The molecule has 1 aliphatic heterocycles. The van der Waals surface area contributed by atoms with E-state index in [-0.39, 0.29) is 11.8 Å². The summed E-state index contributed by atoms with van der Waals surface area (Å²) in [6.07, 6.45) is 0.584. The van der Waals surface area contributed by atoms with Gasteiger partial charge < -0.3 is 9.80 Å². The molecule has 19 heavy (non-hydrogen) atoms. The first kappa shape index (κ1) is 16.3. The fourth-order valence-electron chi connectivity index (χ4n) is 2.12. The average molecular weight is 289 g/mol. The molecule has 4 nitrogen and oxygen atoms in total. The van der Waals surface area contributed by atoms with Crippen LogP contribution in [-0.2, 0) is 9.59 Å². The van der Waals surface area contributed by atoms with Crippen molar-refractivity contribution < 1.29 is 9.59 Å². The molecule has 0 aliphatic carbocycles. The smallest absolute Gasteiger partial charge is 0.229 e. The first-order valence-corrected chi connectivity index (χ1v) is 7.44. The molecule has 0 aromatic carbocycles. The minimum Gasteiger partial charge on any atom is -0.339 e. The van der Waals surface area contributed by atoms with Gasteiger partial charge in [-0.1, -0.05) is 13.8 Å². The van der Waals surface area contributed by atoms with Crippen molar-refractivity contribution in [1.82, 2.24) is 9.80 Å². The van der Waals surface area contributed by atoms with Gasteiger partial charge in [0.25, 0.3) is 0 Å². The lowest BCUT2D eigenvalue weighted by molar-refractivity contribution is -0.145. The van der Waals surface area contributed by atoms with Crippen molar-refractivity contribution in [3.8, 4) is 0 Å². The highest BCUT2D eigenvalue weighted by Gasteiger charge is 2.33. The molecule has 0 aromatic rings. The predicted molar refractivity (Wildman–Crippen MR) is 77.1 cm³/mol. The quantitative estimate of drug-likeness (QED) is 0.742. The Morgan fingerprint density at radius 3 is 2.00 bits per heavy atom. The maximum atomic E-state index is 12.2. The summed E-state index contributed by atoms with van der Waals surface area (Å²) >= 11 is 5.83. The average Bonchev–Trinajstić information content (AvgIpc) is 2.37. The van der Waals surface area contributed by atoms with Gasteiger partial charge in [0, 0.05) is 38.5 Å². The van der Waals surface area contributed by atoms with E-state index in [1.165, 1.54) is 0 Å². The Hall–Kier alpha value is -0.770. The van der Waals surface area contributed by atoms with Crippen LogP contribution in [0.1, 0.15) is 34.1 Å².